The molecule has 3 aromatic heterocycles. The minimum absolute atomic E-state index is 0.304. The fourth-order valence-electron chi connectivity index (χ4n) is 3.49. The Morgan fingerprint density at radius 1 is 1.19 bits per heavy atom. The highest BCUT2D eigenvalue weighted by Crippen LogP contribution is 2.40. The predicted octanol–water partition coefficient (Wildman–Crippen LogP) is 3.81. The molecule has 1 aliphatic carbocycles. The number of pyridine rings is 1. The van der Waals surface area contributed by atoms with E-state index < -0.39 is 6.10 Å². The number of hydrogen-bond donors (Lipinski definition) is 1. The van der Waals surface area contributed by atoms with E-state index in [-0.39, 0.29) is 0 Å². The van der Waals surface area contributed by atoms with Gasteiger partial charge >= 0.3 is 0 Å². The molecule has 1 saturated heterocycles. The minimum atomic E-state index is -0.468. The Bertz CT molecular complexity index is 1130. The van der Waals surface area contributed by atoms with Gasteiger partial charge in [-0.2, -0.15) is 5.10 Å². The number of nitrogens with zero attached hydrogens (tertiary/aromatic N) is 6. The first-order chi connectivity index (χ1) is 15.1. The second-order valence-corrected chi connectivity index (χ2v) is 7.87. The molecule has 1 aliphatic heterocycles. The van der Waals surface area contributed by atoms with Gasteiger partial charge in [0, 0.05) is 49.2 Å². The van der Waals surface area contributed by atoms with Crippen LogP contribution in [0.15, 0.2) is 49.8 Å². The van der Waals surface area contributed by atoms with Gasteiger partial charge in [0.15, 0.2) is 17.7 Å². The molecule has 0 amide bonds. The lowest BCUT2D eigenvalue weighted by Gasteiger charge is -2.32. The summed E-state index contributed by atoms with van der Waals surface area (Å²) in [6.45, 7) is 9.66. The number of aromatic nitrogens is 5. The van der Waals surface area contributed by atoms with Gasteiger partial charge in [-0.15, -0.1) is 0 Å². The Kier molecular flexibility index (Phi) is 4.89. The van der Waals surface area contributed by atoms with Crippen LogP contribution in [0.1, 0.15) is 42.8 Å². The van der Waals surface area contributed by atoms with Gasteiger partial charge < -0.3 is 15.4 Å². The van der Waals surface area contributed by atoms with E-state index in [0.29, 0.717) is 23.2 Å². The van der Waals surface area contributed by atoms with Gasteiger partial charge in [0.25, 0.3) is 0 Å². The predicted molar refractivity (Wildman–Crippen MR) is 121 cm³/mol. The van der Waals surface area contributed by atoms with Crippen LogP contribution in [0.5, 0.6) is 5.75 Å². The SMILES string of the molecule is C=CC(Oc1cc(-c2cc(N3CCC3)nc(C3CC3)n2)cnc1N)c1ccn(C=C)n1. The molecule has 4 heterocycles. The number of nitrogen functional groups attached to an aromatic ring is 1. The summed E-state index contributed by atoms with van der Waals surface area (Å²) in [6.07, 6.45) is 9.86. The van der Waals surface area contributed by atoms with Gasteiger partial charge in [-0.1, -0.05) is 13.2 Å². The van der Waals surface area contributed by atoms with Crippen LogP contribution in [0, 0.1) is 0 Å². The maximum Gasteiger partial charge on any atom is 0.166 e. The molecule has 1 atom stereocenters. The lowest BCUT2D eigenvalue weighted by Crippen LogP contribution is -2.37. The quantitative estimate of drug-likeness (QED) is 0.559. The topological polar surface area (TPSA) is 95.0 Å². The van der Waals surface area contributed by atoms with Crippen LogP contribution < -0.4 is 15.4 Å². The van der Waals surface area contributed by atoms with Gasteiger partial charge in [-0.25, -0.2) is 19.6 Å². The van der Waals surface area contributed by atoms with Crippen LogP contribution in [0.3, 0.4) is 0 Å². The van der Waals surface area contributed by atoms with Gasteiger partial charge in [0.2, 0.25) is 0 Å². The monoisotopic (exact) mass is 415 g/mol. The van der Waals surface area contributed by atoms with Crippen LogP contribution in [0.25, 0.3) is 17.5 Å². The van der Waals surface area contributed by atoms with Crippen LogP contribution in [0.2, 0.25) is 0 Å². The molecule has 1 saturated carbocycles. The summed E-state index contributed by atoms with van der Waals surface area (Å²) in [4.78, 5) is 16.3. The van der Waals surface area contributed by atoms with Crippen LogP contribution in [-0.4, -0.2) is 37.8 Å². The number of hydrogen-bond acceptors (Lipinski definition) is 7. The van der Waals surface area contributed by atoms with E-state index in [1.165, 1.54) is 6.42 Å². The van der Waals surface area contributed by atoms with Crippen molar-refractivity contribution in [3.8, 4) is 17.0 Å². The first-order valence-corrected chi connectivity index (χ1v) is 10.5. The number of nitrogens with two attached hydrogens (primary N) is 1. The first kappa shape index (κ1) is 19.3. The van der Waals surface area contributed by atoms with E-state index >= 15 is 0 Å². The zero-order valence-electron chi connectivity index (χ0n) is 17.3. The zero-order chi connectivity index (χ0) is 21.4. The highest BCUT2D eigenvalue weighted by molar-refractivity contribution is 5.67. The zero-order valence-corrected chi connectivity index (χ0v) is 17.3. The Labute approximate surface area is 181 Å². The third-order valence-corrected chi connectivity index (χ3v) is 5.61. The van der Waals surface area contributed by atoms with Crippen LogP contribution >= 0.6 is 0 Å². The molecule has 8 nitrogen and oxygen atoms in total. The van der Waals surface area contributed by atoms with Crippen molar-refractivity contribution in [3.05, 3.63) is 61.3 Å². The Morgan fingerprint density at radius 2 is 2.03 bits per heavy atom. The molecule has 8 heteroatoms. The molecule has 158 valence electrons. The summed E-state index contributed by atoms with van der Waals surface area (Å²) in [5.74, 6) is 3.13. The van der Waals surface area contributed by atoms with E-state index in [2.05, 4.69) is 28.1 Å². The van der Waals surface area contributed by atoms with Crippen molar-refractivity contribution in [1.29, 1.82) is 0 Å². The molecule has 0 aromatic carbocycles. The summed E-state index contributed by atoms with van der Waals surface area (Å²) < 4.78 is 7.75. The van der Waals surface area contributed by atoms with E-state index in [1.807, 2.05) is 18.2 Å². The molecule has 3 aromatic rings. The number of rotatable bonds is 8. The molecule has 31 heavy (non-hydrogen) atoms. The van der Waals surface area contributed by atoms with Crippen molar-refractivity contribution < 1.29 is 4.74 Å². The smallest absolute Gasteiger partial charge is 0.166 e. The van der Waals surface area contributed by atoms with Crippen molar-refractivity contribution in [2.75, 3.05) is 23.7 Å². The summed E-state index contributed by atoms with van der Waals surface area (Å²) in [6, 6.07) is 5.76. The number of anilines is 2. The van der Waals surface area contributed by atoms with E-state index in [4.69, 9.17) is 20.4 Å². The molecular formula is C23H25N7O. The van der Waals surface area contributed by atoms with Crippen molar-refractivity contribution in [2.24, 2.45) is 0 Å². The molecule has 0 spiro atoms. The lowest BCUT2D eigenvalue weighted by molar-refractivity contribution is 0.251. The highest BCUT2D eigenvalue weighted by atomic mass is 16.5. The third-order valence-electron chi connectivity index (χ3n) is 5.61. The molecule has 5 rings (SSSR count). The average molecular weight is 416 g/mol. The van der Waals surface area contributed by atoms with E-state index in [9.17, 15) is 0 Å². The van der Waals surface area contributed by atoms with Crippen LogP contribution in [0.4, 0.5) is 11.6 Å². The maximum absolute atomic E-state index is 6.13. The Morgan fingerprint density at radius 3 is 2.68 bits per heavy atom. The molecule has 0 bridgehead atoms. The van der Waals surface area contributed by atoms with Crippen molar-refractivity contribution >= 4 is 17.8 Å². The minimum Gasteiger partial charge on any atom is -0.476 e. The molecule has 0 radical (unpaired) electrons. The van der Waals surface area contributed by atoms with Gasteiger partial charge in [0.05, 0.1) is 5.69 Å². The van der Waals surface area contributed by atoms with Gasteiger partial charge in [0.1, 0.15) is 17.3 Å². The van der Waals surface area contributed by atoms with Crippen LogP contribution in [-0.2, 0) is 0 Å². The largest absolute Gasteiger partial charge is 0.476 e. The molecule has 2 N–H and O–H groups in total. The average Bonchev–Trinajstić information content (AvgIpc) is 3.49. The fraction of sp³-hybridized carbons (Fsp3) is 0.304. The lowest BCUT2D eigenvalue weighted by atomic mass is 10.1. The highest BCUT2D eigenvalue weighted by Gasteiger charge is 2.29. The molecule has 2 aliphatic rings. The van der Waals surface area contributed by atoms with Crippen molar-refractivity contribution in [1.82, 2.24) is 24.7 Å². The van der Waals surface area contributed by atoms with Gasteiger partial charge in [-0.05, 0) is 37.5 Å². The fourth-order valence-corrected chi connectivity index (χ4v) is 3.49. The molecule has 2 fully saturated rings. The molecule has 1 unspecified atom stereocenters. The first-order valence-electron chi connectivity index (χ1n) is 10.5. The summed E-state index contributed by atoms with van der Waals surface area (Å²) in [5, 5.41) is 4.41. The van der Waals surface area contributed by atoms with Gasteiger partial charge in [-0.3, -0.25) is 0 Å². The maximum atomic E-state index is 6.13. The van der Waals surface area contributed by atoms with E-state index in [0.717, 1.165) is 48.8 Å². The second kappa shape index (κ2) is 7.86. The van der Waals surface area contributed by atoms with E-state index in [1.54, 1.807) is 29.4 Å². The number of ether oxygens (including phenoxy) is 1. The summed E-state index contributed by atoms with van der Waals surface area (Å²) >= 11 is 0. The normalized spacial score (nSPS) is 16.5. The van der Waals surface area contributed by atoms with Crippen molar-refractivity contribution in [2.45, 2.75) is 31.3 Å². The van der Waals surface area contributed by atoms with Crippen molar-refractivity contribution in [3.63, 3.8) is 0 Å². The second-order valence-electron chi connectivity index (χ2n) is 7.87. The third kappa shape index (κ3) is 3.88. The summed E-state index contributed by atoms with van der Waals surface area (Å²) in [5.41, 5.74) is 8.51. The Balaban J connectivity index is 1.47. The standard InChI is InChI=1S/C23H25N7O/c1-3-19(17-8-11-30(4-2)28-17)31-20-12-16(14-25-22(20)24)18-13-21(29-9-5-10-29)27-23(26-18)15-6-7-15/h3-4,8,11-15,19H,1-2,5-7,9-10H2,(H2,24,25). The molecular weight excluding hydrogens is 390 g/mol. The Hall–Kier alpha value is -3.68. The summed E-state index contributed by atoms with van der Waals surface area (Å²) in [7, 11) is 0.